The summed E-state index contributed by atoms with van der Waals surface area (Å²) in [6, 6.07) is 16.6. The fourth-order valence-electron chi connectivity index (χ4n) is 1.83. The van der Waals surface area contributed by atoms with Gasteiger partial charge in [-0.1, -0.05) is 71.7 Å². The van der Waals surface area contributed by atoms with E-state index in [0.717, 1.165) is 0 Å². The Hall–Kier alpha value is -1.58. The smallest absolute Gasteiger partial charge is 0.207 e. The molecule has 4 nitrogen and oxygen atoms in total. The number of nitrogens with one attached hydrogen (secondary N) is 1. The first-order valence-corrected chi connectivity index (χ1v) is 8.52. The van der Waals surface area contributed by atoms with Crippen LogP contribution in [-0.4, -0.2) is 14.5 Å². The number of sulfonamides is 1. The molecule has 0 aliphatic heterocycles. The molecular weight excluding hydrogens is 343 g/mol. The van der Waals surface area contributed by atoms with Crippen molar-refractivity contribution in [2.75, 3.05) is 0 Å². The van der Waals surface area contributed by atoms with E-state index < -0.39 is 20.4 Å². The Labute approximate surface area is 139 Å². The molecule has 0 heterocycles. The molecule has 2 aromatic carbocycles. The third-order valence-electron chi connectivity index (χ3n) is 2.98. The topological polar surface area (TPSA) is 70.0 Å². The van der Waals surface area contributed by atoms with Crippen molar-refractivity contribution in [3.8, 4) is 6.07 Å². The molecule has 2 rings (SSSR count). The van der Waals surface area contributed by atoms with Crippen molar-refractivity contribution in [3.63, 3.8) is 0 Å². The van der Waals surface area contributed by atoms with Crippen LogP contribution >= 0.6 is 23.2 Å². The second-order valence-electron chi connectivity index (χ2n) is 4.49. The summed E-state index contributed by atoms with van der Waals surface area (Å²) >= 11 is 12.5. The number of hydrogen-bond acceptors (Lipinski definition) is 3. The maximum atomic E-state index is 12.3. The summed E-state index contributed by atoms with van der Waals surface area (Å²) in [5, 5.41) is 9.29. The fraction of sp³-hybridized carbons (Fsp3) is 0.133. The molecule has 7 heteroatoms. The normalized spacial score (nSPS) is 13.3. The molecule has 0 aliphatic rings. The van der Waals surface area contributed by atoms with Crippen LogP contribution in [0.25, 0.3) is 0 Å². The molecule has 0 fully saturated rings. The van der Waals surface area contributed by atoms with Gasteiger partial charge in [-0.05, 0) is 17.7 Å². The molecule has 0 saturated carbocycles. The largest absolute Gasteiger partial charge is 0.241 e. The molecule has 2 aromatic rings. The molecule has 1 N–H and O–H groups in total. The van der Waals surface area contributed by atoms with Gasteiger partial charge in [-0.2, -0.15) is 9.98 Å². The first-order valence-electron chi connectivity index (χ1n) is 6.28. The van der Waals surface area contributed by atoms with Crippen LogP contribution in [0, 0.1) is 11.3 Å². The van der Waals surface area contributed by atoms with Crippen LogP contribution < -0.4 is 4.72 Å². The molecule has 0 saturated heterocycles. The summed E-state index contributed by atoms with van der Waals surface area (Å²) in [5.41, 5.74) is 0.431. The number of nitrogens with zero attached hydrogens (tertiary/aromatic N) is 1. The van der Waals surface area contributed by atoms with E-state index in [1.165, 1.54) is 12.1 Å². The van der Waals surface area contributed by atoms with Crippen LogP contribution in [0.4, 0.5) is 0 Å². The summed E-state index contributed by atoms with van der Waals surface area (Å²) in [4.78, 5) is 0.0347. The van der Waals surface area contributed by atoms with Gasteiger partial charge in [-0.3, -0.25) is 0 Å². The molecule has 0 aromatic heterocycles. The van der Waals surface area contributed by atoms with Gasteiger partial charge in [0.15, 0.2) is 4.33 Å². The van der Waals surface area contributed by atoms with E-state index >= 15 is 0 Å². The van der Waals surface area contributed by atoms with E-state index in [2.05, 4.69) is 4.72 Å². The SMILES string of the molecule is N#CC(NS(=O)(=O)c1ccccc1)C(Cl)(Cl)c1ccccc1. The summed E-state index contributed by atoms with van der Waals surface area (Å²) in [7, 11) is -3.90. The van der Waals surface area contributed by atoms with Crippen molar-refractivity contribution in [1.29, 1.82) is 5.26 Å². The molecule has 0 spiro atoms. The minimum atomic E-state index is -3.90. The van der Waals surface area contributed by atoms with Gasteiger partial charge in [0.2, 0.25) is 10.0 Å². The molecule has 0 aliphatic carbocycles. The zero-order chi connectivity index (χ0) is 16.2. The monoisotopic (exact) mass is 354 g/mol. The minimum absolute atomic E-state index is 0.0347. The fourth-order valence-corrected chi connectivity index (χ4v) is 3.61. The first-order chi connectivity index (χ1) is 10.4. The van der Waals surface area contributed by atoms with Gasteiger partial charge >= 0.3 is 0 Å². The molecule has 0 amide bonds. The molecule has 1 unspecified atom stereocenters. The minimum Gasteiger partial charge on any atom is -0.207 e. The van der Waals surface area contributed by atoms with E-state index in [1.54, 1.807) is 48.5 Å². The van der Waals surface area contributed by atoms with Gasteiger partial charge < -0.3 is 0 Å². The Morgan fingerprint density at radius 3 is 2.00 bits per heavy atom. The summed E-state index contributed by atoms with van der Waals surface area (Å²) in [6.45, 7) is 0. The van der Waals surface area contributed by atoms with Crippen molar-refractivity contribution in [2.45, 2.75) is 15.3 Å². The van der Waals surface area contributed by atoms with E-state index in [0.29, 0.717) is 5.56 Å². The number of rotatable bonds is 5. The highest BCUT2D eigenvalue weighted by Gasteiger charge is 2.39. The molecule has 22 heavy (non-hydrogen) atoms. The van der Waals surface area contributed by atoms with Crippen LogP contribution in [0.15, 0.2) is 65.6 Å². The van der Waals surface area contributed by atoms with Crippen LogP contribution in [0.3, 0.4) is 0 Å². The first kappa shape index (κ1) is 16.8. The van der Waals surface area contributed by atoms with Crippen LogP contribution in [0.2, 0.25) is 0 Å². The third kappa shape index (κ3) is 3.60. The molecule has 0 bridgehead atoms. The highest BCUT2D eigenvalue weighted by Crippen LogP contribution is 2.37. The zero-order valence-corrected chi connectivity index (χ0v) is 13.6. The lowest BCUT2D eigenvalue weighted by molar-refractivity contribution is 0.562. The van der Waals surface area contributed by atoms with Crippen LogP contribution in [0.1, 0.15) is 5.56 Å². The van der Waals surface area contributed by atoms with Crippen molar-refractivity contribution in [1.82, 2.24) is 4.72 Å². The van der Waals surface area contributed by atoms with E-state index in [4.69, 9.17) is 23.2 Å². The van der Waals surface area contributed by atoms with Crippen LogP contribution in [0.5, 0.6) is 0 Å². The van der Waals surface area contributed by atoms with Crippen molar-refractivity contribution in [3.05, 3.63) is 66.2 Å². The second kappa shape index (κ2) is 6.67. The van der Waals surface area contributed by atoms with E-state index in [9.17, 15) is 13.7 Å². The molecule has 0 radical (unpaired) electrons. The number of alkyl halides is 2. The third-order valence-corrected chi connectivity index (χ3v) is 5.29. The number of nitriles is 1. The van der Waals surface area contributed by atoms with Gasteiger partial charge in [0.1, 0.15) is 6.04 Å². The number of benzene rings is 2. The van der Waals surface area contributed by atoms with Gasteiger partial charge in [-0.15, -0.1) is 0 Å². The van der Waals surface area contributed by atoms with E-state index in [1.807, 2.05) is 6.07 Å². The lowest BCUT2D eigenvalue weighted by atomic mass is 10.1. The predicted molar refractivity (Wildman–Crippen MR) is 86.0 cm³/mol. The lowest BCUT2D eigenvalue weighted by Crippen LogP contribution is -2.43. The molecule has 1 atom stereocenters. The van der Waals surface area contributed by atoms with Gasteiger partial charge in [-0.25, -0.2) is 8.42 Å². The highest BCUT2D eigenvalue weighted by atomic mass is 35.5. The van der Waals surface area contributed by atoms with Gasteiger partial charge in [0, 0.05) is 0 Å². The number of halogens is 2. The van der Waals surface area contributed by atoms with E-state index in [-0.39, 0.29) is 4.90 Å². The lowest BCUT2D eigenvalue weighted by Gasteiger charge is -2.25. The Balaban J connectivity index is 2.32. The quantitative estimate of drug-likeness (QED) is 0.838. The average molecular weight is 355 g/mol. The highest BCUT2D eigenvalue weighted by molar-refractivity contribution is 7.89. The standard InChI is InChI=1S/C15H12Cl2N2O2S/c16-15(17,12-7-3-1-4-8-12)14(11-18)19-22(20,21)13-9-5-2-6-10-13/h1-10,14,19H. The Kier molecular flexibility index (Phi) is 5.09. The maximum Gasteiger partial charge on any atom is 0.241 e. The molecular formula is C15H12Cl2N2O2S. The zero-order valence-electron chi connectivity index (χ0n) is 11.3. The summed E-state index contributed by atoms with van der Waals surface area (Å²) < 4.78 is 25.1. The van der Waals surface area contributed by atoms with Gasteiger partial charge in [0.05, 0.1) is 11.0 Å². The molecule has 114 valence electrons. The summed E-state index contributed by atoms with van der Waals surface area (Å²) in [6.07, 6.45) is 0. The Morgan fingerprint density at radius 2 is 1.50 bits per heavy atom. The second-order valence-corrected chi connectivity index (χ2v) is 7.59. The maximum absolute atomic E-state index is 12.3. The van der Waals surface area contributed by atoms with Crippen LogP contribution in [-0.2, 0) is 14.4 Å². The van der Waals surface area contributed by atoms with Crippen molar-refractivity contribution >= 4 is 33.2 Å². The van der Waals surface area contributed by atoms with Gasteiger partial charge in [0.25, 0.3) is 0 Å². The van der Waals surface area contributed by atoms with Crippen molar-refractivity contribution < 1.29 is 8.42 Å². The predicted octanol–water partition coefficient (Wildman–Crippen LogP) is 3.19. The Morgan fingerprint density at radius 1 is 1.00 bits per heavy atom. The van der Waals surface area contributed by atoms with Crippen molar-refractivity contribution in [2.24, 2.45) is 0 Å². The average Bonchev–Trinajstić information content (AvgIpc) is 2.54. The number of hydrogen-bond donors (Lipinski definition) is 1. The summed E-state index contributed by atoms with van der Waals surface area (Å²) in [5.74, 6) is 0. The Bertz CT molecular complexity index is 772.